The summed E-state index contributed by atoms with van der Waals surface area (Å²) in [5.41, 5.74) is 0. The largest absolute Gasteiger partial charge is 0.396 e. The van der Waals surface area contributed by atoms with Crippen molar-refractivity contribution in [2.75, 3.05) is 13.2 Å². The Bertz CT molecular complexity index is 285. The lowest BCUT2D eigenvalue weighted by Gasteiger charge is -2.13. The van der Waals surface area contributed by atoms with Gasteiger partial charge in [-0.3, -0.25) is 0 Å². The van der Waals surface area contributed by atoms with E-state index in [-0.39, 0.29) is 0 Å². The molecule has 2 heteroatoms. The highest BCUT2D eigenvalue weighted by atomic mass is 16.3. The van der Waals surface area contributed by atoms with E-state index in [1.807, 2.05) is 0 Å². The molecule has 0 amide bonds. The van der Waals surface area contributed by atoms with Gasteiger partial charge in [-0.15, -0.1) is 0 Å². The topological polar surface area (TPSA) is 40.5 Å². The molecule has 0 aliphatic heterocycles. The normalized spacial score (nSPS) is 11.9. The third kappa shape index (κ3) is 32.1. The Morgan fingerprint density at radius 2 is 0.656 bits per heavy atom. The van der Waals surface area contributed by atoms with Gasteiger partial charge < -0.3 is 10.2 Å². The lowest BCUT2D eigenvalue weighted by atomic mass is 9.95. The summed E-state index contributed by atoms with van der Waals surface area (Å²) in [4.78, 5) is 0. The number of aliphatic hydroxyl groups excluding tert-OH is 2. The van der Waals surface area contributed by atoms with Gasteiger partial charge >= 0.3 is 0 Å². The first-order valence-corrected chi connectivity index (χ1v) is 15.0. The second-order valence-electron chi connectivity index (χ2n) is 10.1. The van der Waals surface area contributed by atoms with Crippen LogP contribution in [-0.4, -0.2) is 23.4 Å². The molecule has 0 aliphatic rings. The molecular weight excluding hydrogens is 392 g/mol. The summed E-state index contributed by atoms with van der Waals surface area (Å²) in [6.45, 7) is 7.57. The van der Waals surface area contributed by atoms with Crippen LogP contribution < -0.4 is 0 Å². The number of hydrogen-bond acceptors (Lipinski definition) is 2. The summed E-state index contributed by atoms with van der Waals surface area (Å²) in [7, 11) is 0. The number of rotatable bonds is 25. The molecule has 1 unspecified atom stereocenters. The van der Waals surface area contributed by atoms with E-state index >= 15 is 0 Å². The van der Waals surface area contributed by atoms with Crippen LogP contribution in [-0.2, 0) is 0 Å². The van der Waals surface area contributed by atoms with Crippen LogP contribution in [0.25, 0.3) is 0 Å². The minimum Gasteiger partial charge on any atom is -0.396 e. The second-order valence-corrected chi connectivity index (χ2v) is 10.1. The van der Waals surface area contributed by atoms with Crippen molar-refractivity contribution in [2.24, 2.45) is 5.92 Å². The van der Waals surface area contributed by atoms with Crippen molar-refractivity contribution < 1.29 is 10.2 Å². The van der Waals surface area contributed by atoms with Crippen LogP contribution in [0.2, 0.25) is 0 Å². The van der Waals surface area contributed by atoms with Crippen molar-refractivity contribution in [1.29, 1.82) is 0 Å². The molecule has 0 spiro atoms. The molecule has 0 radical (unpaired) electrons. The lowest BCUT2D eigenvalue weighted by molar-refractivity contribution is 0.204. The zero-order valence-electron chi connectivity index (χ0n) is 22.9. The van der Waals surface area contributed by atoms with Crippen LogP contribution >= 0.6 is 0 Å². The molecule has 0 saturated heterocycles. The van der Waals surface area contributed by atoms with Crippen LogP contribution in [0.5, 0.6) is 0 Å². The summed E-state index contributed by atoms with van der Waals surface area (Å²) < 4.78 is 0. The molecule has 0 aromatic rings. The molecule has 196 valence electrons. The van der Waals surface area contributed by atoms with Gasteiger partial charge in [0.1, 0.15) is 0 Å². The summed E-state index contributed by atoms with van der Waals surface area (Å²) >= 11 is 0. The standard InChI is InChI=1S/C20H42O.C10H22O/c1-3-5-7-9-11-12-14-16-18-20(19-21)17-15-13-10-8-6-4-2;1-2-3-4-5-6-7-8-9-10-11/h20-21H,3-19H2,1-2H3;11H,2-10H2,1H3. The molecule has 2 N–H and O–H groups in total. The Morgan fingerprint density at radius 1 is 0.375 bits per heavy atom. The third-order valence-corrected chi connectivity index (χ3v) is 6.70. The first kappa shape index (κ1) is 34.1. The van der Waals surface area contributed by atoms with E-state index in [0.717, 1.165) is 6.42 Å². The fraction of sp³-hybridized carbons (Fsp3) is 1.00. The molecular formula is C30H64O2. The van der Waals surface area contributed by atoms with Crippen molar-refractivity contribution >= 4 is 0 Å². The Labute approximate surface area is 204 Å². The average Bonchev–Trinajstić information content (AvgIpc) is 2.81. The maximum absolute atomic E-state index is 9.47. The van der Waals surface area contributed by atoms with Crippen molar-refractivity contribution in [2.45, 2.75) is 175 Å². The fourth-order valence-electron chi connectivity index (χ4n) is 4.35. The van der Waals surface area contributed by atoms with E-state index in [1.165, 1.54) is 148 Å². The summed E-state index contributed by atoms with van der Waals surface area (Å²) in [6.07, 6.45) is 32.2. The Kier molecular flexibility index (Phi) is 35.3. The third-order valence-electron chi connectivity index (χ3n) is 6.70. The molecule has 0 heterocycles. The first-order chi connectivity index (χ1) is 15.8. The van der Waals surface area contributed by atoms with Gasteiger partial charge in [-0.05, 0) is 25.2 Å². The predicted molar refractivity (Wildman–Crippen MR) is 145 cm³/mol. The smallest absolute Gasteiger partial charge is 0.0459 e. The van der Waals surface area contributed by atoms with E-state index in [9.17, 15) is 5.11 Å². The molecule has 0 aliphatic carbocycles. The molecule has 32 heavy (non-hydrogen) atoms. The Balaban J connectivity index is 0. The van der Waals surface area contributed by atoms with E-state index in [1.54, 1.807) is 0 Å². The molecule has 1 atom stereocenters. The zero-order chi connectivity index (χ0) is 24.0. The molecule has 0 saturated carbocycles. The molecule has 0 bridgehead atoms. The average molecular weight is 457 g/mol. The quantitative estimate of drug-likeness (QED) is 0.134. The van der Waals surface area contributed by atoms with Crippen LogP contribution in [0.1, 0.15) is 175 Å². The maximum atomic E-state index is 9.47. The SMILES string of the molecule is CCCCCCCCCCC(CO)CCCCCCCC.CCCCCCCCCCO. The molecule has 0 rings (SSSR count). The van der Waals surface area contributed by atoms with Gasteiger partial charge in [0, 0.05) is 13.2 Å². The molecule has 0 aromatic carbocycles. The van der Waals surface area contributed by atoms with Crippen LogP contribution in [0.15, 0.2) is 0 Å². The van der Waals surface area contributed by atoms with Crippen LogP contribution in [0, 0.1) is 5.92 Å². The number of unbranched alkanes of at least 4 members (excludes halogenated alkanes) is 19. The van der Waals surface area contributed by atoms with Gasteiger partial charge in [0.15, 0.2) is 0 Å². The van der Waals surface area contributed by atoms with Crippen molar-refractivity contribution in [3.05, 3.63) is 0 Å². The predicted octanol–water partition coefficient (Wildman–Crippen LogP) is 10.00. The van der Waals surface area contributed by atoms with Crippen LogP contribution in [0.4, 0.5) is 0 Å². The van der Waals surface area contributed by atoms with E-state index in [2.05, 4.69) is 20.8 Å². The minimum atomic E-state index is 0.370. The van der Waals surface area contributed by atoms with Gasteiger partial charge in [-0.1, -0.05) is 156 Å². The Morgan fingerprint density at radius 3 is 0.938 bits per heavy atom. The first-order valence-electron chi connectivity index (χ1n) is 15.0. The highest BCUT2D eigenvalue weighted by molar-refractivity contribution is 4.59. The highest BCUT2D eigenvalue weighted by Gasteiger charge is 2.06. The van der Waals surface area contributed by atoms with Crippen molar-refractivity contribution in [3.63, 3.8) is 0 Å². The zero-order valence-corrected chi connectivity index (χ0v) is 22.9. The second kappa shape index (κ2) is 33.1. The summed E-state index contributed by atoms with van der Waals surface area (Å²) in [6, 6.07) is 0. The molecule has 2 nitrogen and oxygen atoms in total. The van der Waals surface area contributed by atoms with Crippen molar-refractivity contribution in [3.8, 4) is 0 Å². The van der Waals surface area contributed by atoms with Gasteiger partial charge in [-0.2, -0.15) is 0 Å². The number of aliphatic hydroxyl groups is 2. The minimum absolute atomic E-state index is 0.370. The lowest BCUT2D eigenvalue weighted by Crippen LogP contribution is -2.06. The van der Waals surface area contributed by atoms with Gasteiger partial charge in [-0.25, -0.2) is 0 Å². The number of hydrogen-bond donors (Lipinski definition) is 2. The van der Waals surface area contributed by atoms with Gasteiger partial charge in [0.25, 0.3) is 0 Å². The highest BCUT2D eigenvalue weighted by Crippen LogP contribution is 2.19. The van der Waals surface area contributed by atoms with Gasteiger partial charge in [0.2, 0.25) is 0 Å². The summed E-state index contributed by atoms with van der Waals surface area (Å²) in [5, 5.41) is 18.0. The maximum Gasteiger partial charge on any atom is 0.0459 e. The molecule has 0 aromatic heterocycles. The van der Waals surface area contributed by atoms with E-state index < -0.39 is 0 Å². The fourth-order valence-corrected chi connectivity index (χ4v) is 4.35. The van der Waals surface area contributed by atoms with Crippen LogP contribution in [0.3, 0.4) is 0 Å². The molecule has 0 fully saturated rings. The van der Waals surface area contributed by atoms with E-state index in [4.69, 9.17) is 5.11 Å². The Hall–Kier alpha value is -0.0800. The monoisotopic (exact) mass is 456 g/mol. The van der Waals surface area contributed by atoms with Crippen molar-refractivity contribution in [1.82, 2.24) is 0 Å². The van der Waals surface area contributed by atoms with Gasteiger partial charge in [0.05, 0.1) is 0 Å². The van der Waals surface area contributed by atoms with E-state index in [0.29, 0.717) is 19.1 Å². The summed E-state index contributed by atoms with van der Waals surface area (Å²) in [5.74, 6) is 0.580.